The van der Waals surface area contributed by atoms with E-state index in [0.29, 0.717) is 6.42 Å². The average molecular weight is 156 g/mol. The Labute approximate surface area is 67.6 Å². The molecule has 0 bridgehead atoms. The van der Waals surface area contributed by atoms with E-state index in [9.17, 15) is 10.2 Å². The van der Waals surface area contributed by atoms with Gasteiger partial charge in [-0.1, -0.05) is 18.6 Å². The number of hydrogen-bond donors (Lipinski definition) is 2. The Morgan fingerprint density at radius 3 is 2.36 bits per heavy atom. The minimum absolute atomic E-state index is 0.323. The maximum absolute atomic E-state index is 9.28. The number of allylic oxidation sites excluding steroid dienone is 1. The Hall–Kier alpha value is -0.340. The van der Waals surface area contributed by atoms with Crippen LogP contribution in [0.3, 0.4) is 0 Å². The van der Waals surface area contributed by atoms with Gasteiger partial charge in [0.15, 0.2) is 0 Å². The van der Waals surface area contributed by atoms with Gasteiger partial charge in [-0.05, 0) is 25.7 Å². The van der Waals surface area contributed by atoms with Crippen LogP contribution < -0.4 is 0 Å². The second-order valence-corrected chi connectivity index (χ2v) is 3.22. The molecule has 11 heavy (non-hydrogen) atoms. The fourth-order valence-corrected chi connectivity index (χ4v) is 1.62. The van der Waals surface area contributed by atoms with Crippen LogP contribution in [0.25, 0.3) is 0 Å². The highest BCUT2D eigenvalue weighted by atomic mass is 16.3. The van der Waals surface area contributed by atoms with Crippen molar-refractivity contribution in [2.45, 2.75) is 44.8 Å². The van der Waals surface area contributed by atoms with E-state index >= 15 is 0 Å². The summed E-state index contributed by atoms with van der Waals surface area (Å²) in [6, 6.07) is 0. The van der Waals surface area contributed by atoms with E-state index in [-0.39, 0.29) is 12.2 Å². The average Bonchev–Trinajstić information content (AvgIpc) is 1.85. The first-order valence-corrected chi connectivity index (χ1v) is 4.26. The summed E-state index contributed by atoms with van der Waals surface area (Å²) in [5.74, 6) is 0. The molecule has 2 heteroatoms. The van der Waals surface area contributed by atoms with Crippen LogP contribution in [0.4, 0.5) is 0 Å². The third-order valence-electron chi connectivity index (χ3n) is 2.03. The van der Waals surface area contributed by atoms with Gasteiger partial charge in [-0.25, -0.2) is 0 Å². The van der Waals surface area contributed by atoms with E-state index in [1.165, 1.54) is 5.57 Å². The molecule has 2 N–H and O–H groups in total. The molecule has 0 radical (unpaired) electrons. The first kappa shape index (κ1) is 8.75. The molecule has 0 aromatic rings. The van der Waals surface area contributed by atoms with Crippen LogP contribution in [0.5, 0.6) is 0 Å². The standard InChI is InChI=1S/C9H16O2/c1-2-3-7-4-8(10)6-9(11)5-7/h3,8-11H,2,4-6H2,1H3/t8-,9-/m0/s1. The van der Waals surface area contributed by atoms with Crippen molar-refractivity contribution >= 4 is 0 Å². The monoisotopic (exact) mass is 156 g/mol. The topological polar surface area (TPSA) is 40.5 Å². The molecule has 0 unspecified atom stereocenters. The summed E-state index contributed by atoms with van der Waals surface area (Å²) in [5.41, 5.74) is 1.21. The van der Waals surface area contributed by atoms with Gasteiger partial charge in [-0.15, -0.1) is 0 Å². The molecular formula is C9H16O2. The van der Waals surface area contributed by atoms with Gasteiger partial charge in [0.05, 0.1) is 12.2 Å². The van der Waals surface area contributed by atoms with E-state index in [1.807, 2.05) is 0 Å². The minimum atomic E-state index is -0.323. The Morgan fingerprint density at radius 1 is 1.36 bits per heavy atom. The molecule has 1 aliphatic rings. The summed E-state index contributed by atoms with van der Waals surface area (Å²) < 4.78 is 0. The summed E-state index contributed by atoms with van der Waals surface area (Å²) in [4.78, 5) is 0. The maximum atomic E-state index is 9.28. The van der Waals surface area contributed by atoms with Crippen LogP contribution in [-0.2, 0) is 0 Å². The van der Waals surface area contributed by atoms with E-state index < -0.39 is 0 Å². The zero-order chi connectivity index (χ0) is 8.27. The number of aliphatic hydroxyl groups excluding tert-OH is 2. The predicted octanol–water partition coefficient (Wildman–Crippen LogP) is 1.23. The highest BCUT2D eigenvalue weighted by molar-refractivity contribution is 5.08. The molecule has 1 aliphatic carbocycles. The Kier molecular flexibility index (Phi) is 3.09. The Balaban J connectivity index is 2.49. The molecule has 1 fully saturated rings. The Bertz CT molecular complexity index is 140. The van der Waals surface area contributed by atoms with Crippen LogP contribution in [-0.4, -0.2) is 22.4 Å². The summed E-state index contributed by atoms with van der Waals surface area (Å²) in [6.07, 6.45) is 4.50. The zero-order valence-corrected chi connectivity index (χ0v) is 6.95. The van der Waals surface area contributed by atoms with Gasteiger partial charge < -0.3 is 10.2 Å². The first-order chi connectivity index (χ1) is 5.22. The number of rotatable bonds is 1. The quantitative estimate of drug-likeness (QED) is 0.560. The molecule has 2 nitrogen and oxygen atoms in total. The maximum Gasteiger partial charge on any atom is 0.0602 e. The van der Waals surface area contributed by atoms with Crippen LogP contribution in [0, 0.1) is 0 Å². The van der Waals surface area contributed by atoms with Crippen LogP contribution in [0.1, 0.15) is 32.6 Å². The second kappa shape index (κ2) is 3.88. The van der Waals surface area contributed by atoms with Crippen molar-refractivity contribution < 1.29 is 10.2 Å². The molecule has 0 spiro atoms. The van der Waals surface area contributed by atoms with Crippen LogP contribution in [0.15, 0.2) is 11.6 Å². The van der Waals surface area contributed by atoms with Gasteiger partial charge in [-0.3, -0.25) is 0 Å². The van der Waals surface area contributed by atoms with Crippen molar-refractivity contribution in [3.8, 4) is 0 Å². The lowest BCUT2D eigenvalue weighted by Crippen LogP contribution is -2.24. The molecule has 0 aromatic carbocycles. The van der Waals surface area contributed by atoms with E-state index in [0.717, 1.165) is 19.3 Å². The van der Waals surface area contributed by atoms with Crippen LogP contribution in [0.2, 0.25) is 0 Å². The van der Waals surface area contributed by atoms with Gasteiger partial charge in [0, 0.05) is 0 Å². The fraction of sp³-hybridized carbons (Fsp3) is 0.778. The van der Waals surface area contributed by atoms with Crippen molar-refractivity contribution in [1.82, 2.24) is 0 Å². The third kappa shape index (κ3) is 2.64. The number of aliphatic hydroxyl groups is 2. The van der Waals surface area contributed by atoms with Crippen LogP contribution >= 0.6 is 0 Å². The van der Waals surface area contributed by atoms with E-state index in [4.69, 9.17) is 0 Å². The van der Waals surface area contributed by atoms with Gasteiger partial charge in [0.1, 0.15) is 0 Å². The zero-order valence-electron chi connectivity index (χ0n) is 6.95. The van der Waals surface area contributed by atoms with Crippen molar-refractivity contribution in [2.75, 3.05) is 0 Å². The predicted molar refractivity (Wildman–Crippen MR) is 44.2 cm³/mol. The third-order valence-corrected chi connectivity index (χ3v) is 2.03. The van der Waals surface area contributed by atoms with Crippen molar-refractivity contribution in [3.63, 3.8) is 0 Å². The van der Waals surface area contributed by atoms with Gasteiger partial charge in [0.25, 0.3) is 0 Å². The van der Waals surface area contributed by atoms with Gasteiger partial charge >= 0.3 is 0 Å². The Morgan fingerprint density at radius 2 is 1.91 bits per heavy atom. The SMILES string of the molecule is CCC=C1C[C@H](O)C[C@@H](O)C1. The molecule has 1 rings (SSSR count). The molecule has 0 amide bonds. The lowest BCUT2D eigenvalue weighted by molar-refractivity contribution is 0.0608. The summed E-state index contributed by atoms with van der Waals surface area (Å²) in [7, 11) is 0. The molecule has 2 atom stereocenters. The molecule has 0 aliphatic heterocycles. The number of hydrogen-bond acceptors (Lipinski definition) is 2. The highest BCUT2D eigenvalue weighted by Crippen LogP contribution is 2.23. The van der Waals surface area contributed by atoms with Crippen molar-refractivity contribution in [2.24, 2.45) is 0 Å². The van der Waals surface area contributed by atoms with Crippen molar-refractivity contribution in [1.29, 1.82) is 0 Å². The summed E-state index contributed by atoms with van der Waals surface area (Å²) in [5, 5.41) is 18.6. The first-order valence-electron chi connectivity index (χ1n) is 4.26. The van der Waals surface area contributed by atoms with Gasteiger partial charge in [-0.2, -0.15) is 0 Å². The molecular weight excluding hydrogens is 140 g/mol. The van der Waals surface area contributed by atoms with E-state index in [2.05, 4.69) is 13.0 Å². The largest absolute Gasteiger partial charge is 0.393 e. The molecule has 0 aromatic heterocycles. The molecule has 64 valence electrons. The normalized spacial score (nSPS) is 32.1. The molecule has 0 heterocycles. The minimum Gasteiger partial charge on any atom is -0.393 e. The van der Waals surface area contributed by atoms with E-state index in [1.54, 1.807) is 0 Å². The van der Waals surface area contributed by atoms with Gasteiger partial charge in [0.2, 0.25) is 0 Å². The molecule has 1 saturated carbocycles. The van der Waals surface area contributed by atoms with Crippen molar-refractivity contribution in [3.05, 3.63) is 11.6 Å². The lowest BCUT2D eigenvalue weighted by atomic mass is 9.90. The lowest BCUT2D eigenvalue weighted by Gasteiger charge is -2.24. The summed E-state index contributed by atoms with van der Waals surface area (Å²) in [6.45, 7) is 2.07. The summed E-state index contributed by atoms with van der Waals surface area (Å²) >= 11 is 0. The fourth-order valence-electron chi connectivity index (χ4n) is 1.62. The highest BCUT2D eigenvalue weighted by Gasteiger charge is 2.20. The molecule has 0 saturated heterocycles. The second-order valence-electron chi connectivity index (χ2n) is 3.22. The smallest absolute Gasteiger partial charge is 0.0602 e.